The Labute approximate surface area is 178 Å². The third-order valence-corrected chi connectivity index (χ3v) is 5.52. The third-order valence-electron chi connectivity index (χ3n) is 4.99. The highest BCUT2D eigenvalue weighted by atomic mass is 35.5. The van der Waals surface area contributed by atoms with E-state index in [1.165, 1.54) is 0 Å². The Balaban J connectivity index is 1.40. The van der Waals surface area contributed by atoms with E-state index in [4.69, 9.17) is 32.7 Å². The molecule has 4 rings (SSSR count). The number of benzene rings is 2. The van der Waals surface area contributed by atoms with Gasteiger partial charge in [0.05, 0.1) is 5.02 Å². The van der Waals surface area contributed by atoms with Gasteiger partial charge < -0.3 is 19.7 Å². The van der Waals surface area contributed by atoms with E-state index in [2.05, 4.69) is 5.32 Å². The number of anilines is 2. The van der Waals surface area contributed by atoms with Gasteiger partial charge in [-0.25, -0.2) is 0 Å². The van der Waals surface area contributed by atoms with E-state index in [0.29, 0.717) is 34.6 Å². The van der Waals surface area contributed by atoms with Gasteiger partial charge in [-0.05, 0) is 55.2 Å². The maximum atomic E-state index is 12.7. The topological polar surface area (TPSA) is 67.9 Å². The number of nitrogens with one attached hydrogen (secondary N) is 1. The Morgan fingerprint density at radius 2 is 2.07 bits per heavy atom. The van der Waals surface area contributed by atoms with Gasteiger partial charge in [0.2, 0.25) is 0 Å². The van der Waals surface area contributed by atoms with Gasteiger partial charge in [0.1, 0.15) is 11.9 Å². The van der Waals surface area contributed by atoms with Gasteiger partial charge in [-0.2, -0.15) is 0 Å². The second-order valence-corrected chi connectivity index (χ2v) is 7.84. The lowest BCUT2D eigenvalue weighted by molar-refractivity contribution is -0.127. The summed E-state index contributed by atoms with van der Waals surface area (Å²) in [4.78, 5) is 26.8. The maximum Gasteiger partial charge on any atom is 0.262 e. The monoisotopic (exact) mass is 434 g/mol. The number of nitrogens with zero attached hydrogens (tertiary/aromatic N) is 1. The van der Waals surface area contributed by atoms with Crippen molar-refractivity contribution in [1.82, 2.24) is 0 Å². The fraction of sp³-hybridized carbons (Fsp3) is 0.333. The molecule has 0 bridgehead atoms. The number of carbonyl (C=O) groups is 2. The van der Waals surface area contributed by atoms with E-state index < -0.39 is 0 Å². The Bertz CT molecular complexity index is 944. The molecule has 1 N–H and O–H groups in total. The molecule has 2 amide bonds. The highest BCUT2D eigenvalue weighted by Gasteiger charge is 2.32. The van der Waals surface area contributed by atoms with Crippen LogP contribution in [0.5, 0.6) is 5.75 Å². The highest BCUT2D eigenvalue weighted by molar-refractivity contribution is 6.35. The van der Waals surface area contributed by atoms with Crippen molar-refractivity contribution < 1.29 is 19.1 Å². The van der Waals surface area contributed by atoms with Gasteiger partial charge in [-0.1, -0.05) is 29.3 Å². The first-order valence-electron chi connectivity index (χ1n) is 9.45. The first-order chi connectivity index (χ1) is 14.0. The van der Waals surface area contributed by atoms with Crippen LogP contribution in [0.25, 0.3) is 0 Å². The minimum absolute atomic E-state index is 0.00885. The molecule has 0 spiro atoms. The summed E-state index contributed by atoms with van der Waals surface area (Å²) in [5.41, 5.74) is 2.51. The molecule has 29 heavy (non-hydrogen) atoms. The smallest absolute Gasteiger partial charge is 0.262 e. The molecule has 8 heteroatoms. The lowest BCUT2D eigenvalue weighted by Gasteiger charge is -2.21. The minimum atomic E-state index is -0.364. The summed E-state index contributed by atoms with van der Waals surface area (Å²) in [7, 11) is 0. The Morgan fingerprint density at radius 3 is 2.83 bits per heavy atom. The second kappa shape index (κ2) is 8.61. The fourth-order valence-electron chi connectivity index (χ4n) is 3.56. The van der Waals surface area contributed by atoms with Gasteiger partial charge >= 0.3 is 0 Å². The van der Waals surface area contributed by atoms with Crippen molar-refractivity contribution in [2.24, 2.45) is 0 Å². The van der Waals surface area contributed by atoms with Crippen LogP contribution in [0, 0.1) is 0 Å². The quantitative estimate of drug-likeness (QED) is 0.769. The van der Waals surface area contributed by atoms with Crippen molar-refractivity contribution in [1.29, 1.82) is 0 Å². The van der Waals surface area contributed by atoms with E-state index in [-0.39, 0.29) is 24.5 Å². The Morgan fingerprint density at radius 1 is 1.21 bits per heavy atom. The zero-order chi connectivity index (χ0) is 20.4. The average Bonchev–Trinajstić information content (AvgIpc) is 3.37. The molecule has 2 aromatic rings. The molecule has 0 saturated carbocycles. The van der Waals surface area contributed by atoms with Crippen LogP contribution in [0.3, 0.4) is 0 Å². The van der Waals surface area contributed by atoms with Crippen LogP contribution in [0.4, 0.5) is 11.4 Å². The number of hydrogen-bond donors (Lipinski definition) is 1. The zero-order valence-corrected chi connectivity index (χ0v) is 17.1. The SMILES string of the molecule is O=C(COc1ccc(Cl)cc1Cl)Nc1ccc2c(c1)N(C(=O)[C@H]1CCCO1)CC2. The summed E-state index contributed by atoms with van der Waals surface area (Å²) < 4.78 is 11.0. The van der Waals surface area contributed by atoms with E-state index >= 15 is 0 Å². The fourth-order valence-corrected chi connectivity index (χ4v) is 4.03. The minimum Gasteiger partial charge on any atom is -0.482 e. The van der Waals surface area contributed by atoms with Crippen LogP contribution in [-0.4, -0.2) is 37.7 Å². The summed E-state index contributed by atoms with van der Waals surface area (Å²) in [6.07, 6.45) is 2.09. The van der Waals surface area contributed by atoms with Gasteiger partial charge in [-0.15, -0.1) is 0 Å². The number of amides is 2. The van der Waals surface area contributed by atoms with Crippen molar-refractivity contribution in [3.8, 4) is 5.75 Å². The molecule has 2 aliphatic rings. The van der Waals surface area contributed by atoms with Crippen LogP contribution in [0.15, 0.2) is 36.4 Å². The third kappa shape index (κ3) is 4.50. The van der Waals surface area contributed by atoms with Crippen LogP contribution in [0.1, 0.15) is 18.4 Å². The van der Waals surface area contributed by atoms with Crippen LogP contribution in [0.2, 0.25) is 10.0 Å². The molecule has 2 aromatic carbocycles. The van der Waals surface area contributed by atoms with E-state index in [9.17, 15) is 9.59 Å². The summed E-state index contributed by atoms with van der Waals surface area (Å²) in [5.74, 6) is 0.0462. The Kier molecular flexibility index (Phi) is 5.94. The number of fused-ring (bicyclic) bond motifs is 1. The number of hydrogen-bond acceptors (Lipinski definition) is 4. The summed E-state index contributed by atoms with van der Waals surface area (Å²) >= 11 is 11.9. The van der Waals surface area contributed by atoms with Gasteiger partial charge in [-0.3, -0.25) is 9.59 Å². The number of carbonyl (C=O) groups excluding carboxylic acids is 2. The van der Waals surface area contributed by atoms with E-state index in [1.54, 1.807) is 23.1 Å². The molecule has 2 aliphatic heterocycles. The molecule has 1 saturated heterocycles. The first-order valence-corrected chi connectivity index (χ1v) is 10.2. The molecule has 1 fully saturated rings. The summed E-state index contributed by atoms with van der Waals surface area (Å²) in [6, 6.07) is 10.4. The molecule has 0 radical (unpaired) electrons. The number of halogens is 2. The molecule has 6 nitrogen and oxygen atoms in total. The maximum absolute atomic E-state index is 12.7. The predicted octanol–water partition coefficient (Wildman–Crippen LogP) is 4.08. The molecule has 0 aromatic heterocycles. The highest BCUT2D eigenvalue weighted by Crippen LogP contribution is 2.33. The summed E-state index contributed by atoms with van der Waals surface area (Å²) in [5, 5.41) is 3.63. The largest absolute Gasteiger partial charge is 0.482 e. The first kappa shape index (κ1) is 20.0. The van der Waals surface area contributed by atoms with E-state index in [0.717, 1.165) is 30.5 Å². The van der Waals surface area contributed by atoms with Gasteiger partial charge in [0.25, 0.3) is 11.8 Å². The van der Waals surface area contributed by atoms with Crippen LogP contribution in [-0.2, 0) is 20.7 Å². The molecule has 2 heterocycles. The van der Waals surface area contributed by atoms with Crippen molar-refractivity contribution in [2.75, 3.05) is 30.0 Å². The normalized spacial score (nSPS) is 17.9. The predicted molar refractivity (Wildman–Crippen MR) is 112 cm³/mol. The van der Waals surface area contributed by atoms with Crippen LogP contribution < -0.4 is 15.0 Å². The Hall–Kier alpha value is -2.28. The van der Waals surface area contributed by atoms with Gasteiger partial charge in [0, 0.05) is 29.5 Å². The second-order valence-electron chi connectivity index (χ2n) is 7.00. The van der Waals surface area contributed by atoms with E-state index in [1.807, 2.05) is 18.2 Å². The average molecular weight is 435 g/mol. The number of ether oxygens (including phenoxy) is 2. The summed E-state index contributed by atoms with van der Waals surface area (Å²) in [6.45, 7) is 1.06. The van der Waals surface area contributed by atoms with Crippen molar-refractivity contribution in [3.63, 3.8) is 0 Å². The zero-order valence-electron chi connectivity index (χ0n) is 15.6. The van der Waals surface area contributed by atoms with Crippen molar-refractivity contribution in [3.05, 3.63) is 52.0 Å². The van der Waals surface area contributed by atoms with Crippen LogP contribution >= 0.6 is 23.2 Å². The molecule has 0 unspecified atom stereocenters. The molecular formula is C21H20Cl2N2O4. The van der Waals surface area contributed by atoms with Gasteiger partial charge in [0.15, 0.2) is 6.61 Å². The lowest BCUT2D eigenvalue weighted by Crippen LogP contribution is -2.37. The molecular weight excluding hydrogens is 415 g/mol. The standard InChI is InChI=1S/C21H20Cl2N2O4/c22-14-4-6-18(16(23)10-14)29-12-20(26)24-15-5-3-13-7-8-25(17(13)11-15)21(27)19-2-1-9-28-19/h3-6,10-11,19H,1-2,7-9,12H2,(H,24,26)/t19-/m1/s1. The lowest BCUT2D eigenvalue weighted by atomic mass is 10.1. The molecule has 152 valence electrons. The number of rotatable bonds is 5. The van der Waals surface area contributed by atoms with Crippen molar-refractivity contribution >= 4 is 46.4 Å². The van der Waals surface area contributed by atoms with Crippen molar-refractivity contribution in [2.45, 2.75) is 25.4 Å². The molecule has 0 aliphatic carbocycles. The molecule has 1 atom stereocenters.